The molecule has 0 heterocycles. The van der Waals surface area contributed by atoms with Gasteiger partial charge in [-0.05, 0) is 30.6 Å². The molecule has 3 unspecified atom stereocenters. The van der Waals surface area contributed by atoms with Crippen LogP contribution in [0.2, 0.25) is 0 Å². The highest BCUT2D eigenvalue weighted by atomic mass is 14.5. The van der Waals surface area contributed by atoms with Gasteiger partial charge in [0.2, 0.25) is 0 Å². The van der Waals surface area contributed by atoms with E-state index in [1.165, 1.54) is 57.8 Å². The summed E-state index contributed by atoms with van der Waals surface area (Å²) in [4.78, 5) is 0. The maximum Gasteiger partial charge on any atom is 0.0151 e. The van der Waals surface area contributed by atoms with Gasteiger partial charge in [0.05, 0.1) is 0 Å². The van der Waals surface area contributed by atoms with E-state index >= 15 is 0 Å². The van der Waals surface area contributed by atoms with E-state index in [0.717, 1.165) is 5.71 Å². The van der Waals surface area contributed by atoms with Gasteiger partial charge in [-0.1, -0.05) is 65.7 Å². The molecule has 17 heavy (non-hydrogen) atoms. The Morgan fingerprint density at radius 1 is 1.00 bits per heavy atom. The Labute approximate surface area is 108 Å². The zero-order chi connectivity index (χ0) is 12.7. The molecule has 0 aliphatic heterocycles. The largest absolute Gasteiger partial charge is 0.309 e. The molecular formula is C16H31N. The van der Waals surface area contributed by atoms with Crippen LogP contribution < -0.4 is 0 Å². The Morgan fingerprint density at radius 2 is 1.59 bits per heavy atom. The van der Waals surface area contributed by atoms with Crippen LogP contribution in [0.15, 0.2) is 0 Å². The van der Waals surface area contributed by atoms with Gasteiger partial charge in [-0.3, -0.25) is 0 Å². The molecule has 1 heteroatoms. The van der Waals surface area contributed by atoms with Gasteiger partial charge in [-0.15, -0.1) is 0 Å². The highest BCUT2D eigenvalue weighted by molar-refractivity contribution is 5.86. The predicted octanol–water partition coefficient (Wildman–Crippen LogP) is 5.44. The first kappa shape index (κ1) is 14.7. The molecule has 0 radical (unpaired) electrons. The van der Waals surface area contributed by atoms with Crippen LogP contribution in [0.4, 0.5) is 0 Å². The Morgan fingerprint density at radius 3 is 2.24 bits per heavy atom. The third kappa shape index (κ3) is 4.81. The van der Waals surface area contributed by atoms with Crippen LogP contribution in [0, 0.1) is 23.2 Å². The van der Waals surface area contributed by atoms with Gasteiger partial charge in [-0.2, -0.15) is 0 Å². The summed E-state index contributed by atoms with van der Waals surface area (Å²) >= 11 is 0. The monoisotopic (exact) mass is 237 g/mol. The molecule has 1 aliphatic carbocycles. The zero-order valence-electron chi connectivity index (χ0n) is 12.1. The van der Waals surface area contributed by atoms with Crippen molar-refractivity contribution in [2.45, 2.75) is 78.6 Å². The molecule has 0 aromatic carbocycles. The fourth-order valence-electron chi connectivity index (χ4n) is 3.12. The lowest BCUT2D eigenvalue weighted by molar-refractivity contribution is 0.411. The number of rotatable bonds is 2. The van der Waals surface area contributed by atoms with E-state index in [-0.39, 0.29) is 0 Å². The summed E-state index contributed by atoms with van der Waals surface area (Å²) in [6.07, 6.45) is 12.0. The van der Waals surface area contributed by atoms with Crippen molar-refractivity contribution in [2.24, 2.45) is 17.8 Å². The maximum absolute atomic E-state index is 8.46. The minimum absolute atomic E-state index is 0.504. The maximum atomic E-state index is 8.46. The van der Waals surface area contributed by atoms with E-state index in [4.69, 9.17) is 5.41 Å². The van der Waals surface area contributed by atoms with Crippen molar-refractivity contribution in [3.05, 3.63) is 0 Å². The number of hydrogen-bond acceptors (Lipinski definition) is 1. The quantitative estimate of drug-likeness (QED) is 0.661. The normalized spacial score (nSPS) is 33.1. The van der Waals surface area contributed by atoms with E-state index in [9.17, 15) is 0 Å². The van der Waals surface area contributed by atoms with E-state index in [1.807, 2.05) is 0 Å². The van der Waals surface area contributed by atoms with Crippen molar-refractivity contribution >= 4 is 5.71 Å². The first-order chi connectivity index (χ1) is 8.16. The van der Waals surface area contributed by atoms with Crippen LogP contribution >= 0.6 is 0 Å². The number of nitrogens with one attached hydrogen (secondary N) is 1. The third-order valence-electron chi connectivity index (χ3n) is 4.63. The fraction of sp³-hybridized carbons (Fsp3) is 0.938. The van der Waals surface area contributed by atoms with Crippen LogP contribution in [-0.4, -0.2) is 5.71 Å². The molecule has 1 fully saturated rings. The van der Waals surface area contributed by atoms with Crippen molar-refractivity contribution in [2.75, 3.05) is 0 Å². The highest BCUT2D eigenvalue weighted by Crippen LogP contribution is 2.28. The standard InChI is InChI=1S/C16H31N/c1-4-10-15-12-9-7-5-6-8-11-13(2)14(3)16(15)17/h13-15,17H,4-12H2,1-3H3. The summed E-state index contributed by atoms with van der Waals surface area (Å²) < 4.78 is 0. The summed E-state index contributed by atoms with van der Waals surface area (Å²) in [6, 6.07) is 0. The molecule has 1 nitrogen and oxygen atoms in total. The molecule has 1 rings (SSSR count). The second-order valence-corrected chi connectivity index (χ2v) is 6.05. The predicted molar refractivity (Wildman–Crippen MR) is 76.8 cm³/mol. The Bertz CT molecular complexity index is 222. The van der Waals surface area contributed by atoms with Gasteiger partial charge >= 0.3 is 0 Å². The van der Waals surface area contributed by atoms with E-state index in [1.54, 1.807) is 0 Å². The molecule has 3 atom stereocenters. The number of hydrogen-bond donors (Lipinski definition) is 1. The van der Waals surface area contributed by atoms with Crippen LogP contribution in [0.5, 0.6) is 0 Å². The second-order valence-electron chi connectivity index (χ2n) is 6.05. The van der Waals surface area contributed by atoms with Gasteiger partial charge in [0.1, 0.15) is 0 Å². The highest BCUT2D eigenvalue weighted by Gasteiger charge is 2.23. The zero-order valence-corrected chi connectivity index (χ0v) is 12.1. The van der Waals surface area contributed by atoms with Crippen LogP contribution in [-0.2, 0) is 0 Å². The molecule has 1 saturated carbocycles. The molecule has 0 aromatic rings. The molecule has 1 N–H and O–H groups in total. The van der Waals surface area contributed by atoms with Crippen molar-refractivity contribution in [1.29, 1.82) is 5.41 Å². The van der Waals surface area contributed by atoms with Crippen molar-refractivity contribution < 1.29 is 0 Å². The van der Waals surface area contributed by atoms with E-state index in [0.29, 0.717) is 17.8 Å². The molecule has 0 bridgehead atoms. The molecule has 100 valence electrons. The molecule has 0 spiro atoms. The van der Waals surface area contributed by atoms with Gasteiger partial charge < -0.3 is 5.41 Å². The average molecular weight is 237 g/mol. The third-order valence-corrected chi connectivity index (χ3v) is 4.63. The van der Waals surface area contributed by atoms with Crippen molar-refractivity contribution in [1.82, 2.24) is 0 Å². The molecular weight excluding hydrogens is 206 g/mol. The summed E-state index contributed by atoms with van der Waals surface area (Å²) in [7, 11) is 0. The van der Waals surface area contributed by atoms with Crippen molar-refractivity contribution in [3.8, 4) is 0 Å². The molecule has 0 amide bonds. The van der Waals surface area contributed by atoms with Gasteiger partial charge in [0.25, 0.3) is 0 Å². The lowest BCUT2D eigenvalue weighted by Crippen LogP contribution is -2.25. The summed E-state index contributed by atoms with van der Waals surface area (Å²) in [6.45, 7) is 6.89. The second kappa shape index (κ2) is 7.89. The molecule has 0 saturated heterocycles. The van der Waals surface area contributed by atoms with Gasteiger partial charge in [0.15, 0.2) is 0 Å². The Kier molecular flexibility index (Phi) is 6.84. The van der Waals surface area contributed by atoms with Gasteiger partial charge in [0, 0.05) is 5.71 Å². The van der Waals surface area contributed by atoms with Crippen LogP contribution in [0.3, 0.4) is 0 Å². The lowest BCUT2D eigenvalue weighted by Gasteiger charge is -2.26. The summed E-state index contributed by atoms with van der Waals surface area (Å²) in [5.74, 6) is 1.79. The first-order valence-electron chi connectivity index (χ1n) is 7.75. The topological polar surface area (TPSA) is 23.9 Å². The van der Waals surface area contributed by atoms with E-state index < -0.39 is 0 Å². The minimum Gasteiger partial charge on any atom is -0.309 e. The minimum atomic E-state index is 0.504. The summed E-state index contributed by atoms with van der Waals surface area (Å²) in [5.41, 5.74) is 1.06. The smallest absolute Gasteiger partial charge is 0.0151 e. The molecule has 0 aromatic heterocycles. The van der Waals surface area contributed by atoms with Crippen LogP contribution in [0.1, 0.15) is 78.6 Å². The molecule has 1 aliphatic rings. The Hall–Kier alpha value is -0.330. The lowest BCUT2D eigenvalue weighted by atomic mass is 9.79. The Balaban J connectivity index is 2.64. The van der Waals surface area contributed by atoms with E-state index in [2.05, 4.69) is 20.8 Å². The van der Waals surface area contributed by atoms with Crippen molar-refractivity contribution in [3.63, 3.8) is 0 Å². The summed E-state index contributed by atoms with van der Waals surface area (Å²) in [5, 5.41) is 8.46. The van der Waals surface area contributed by atoms with Gasteiger partial charge in [-0.25, -0.2) is 0 Å². The first-order valence-corrected chi connectivity index (χ1v) is 7.75. The SMILES string of the molecule is CCCC1CCCCCCCC(C)C(C)C1=N. The fourth-order valence-corrected chi connectivity index (χ4v) is 3.12. The average Bonchev–Trinajstić information content (AvgIpc) is 2.35. The van der Waals surface area contributed by atoms with Crippen LogP contribution in [0.25, 0.3) is 0 Å².